The molecule has 3 rings (SSSR count). The van der Waals surface area contributed by atoms with E-state index in [1.807, 2.05) is 49.5 Å². The predicted molar refractivity (Wildman–Crippen MR) is 106 cm³/mol. The van der Waals surface area contributed by atoms with Gasteiger partial charge in [-0.1, -0.05) is 41.6 Å². The molecule has 3 aromatic rings. The minimum atomic E-state index is -0.0454. The summed E-state index contributed by atoms with van der Waals surface area (Å²) in [7, 11) is 0. The number of phenolic OH excluding ortho intramolecular Hbond substituents is 1. The quantitative estimate of drug-likeness (QED) is 0.655. The maximum Gasteiger partial charge on any atom is 0.120 e. The van der Waals surface area contributed by atoms with Crippen LogP contribution in [0.1, 0.15) is 24.1 Å². The van der Waals surface area contributed by atoms with E-state index in [-0.39, 0.29) is 11.8 Å². The summed E-state index contributed by atoms with van der Waals surface area (Å²) in [5.74, 6) is 6.48. The molecule has 0 radical (unpaired) electrons. The Kier molecular flexibility index (Phi) is 5.91. The predicted octanol–water partition coefficient (Wildman–Crippen LogP) is 4.81. The number of hydrogen-bond acceptors (Lipinski definition) is 3. The number of rotatable bonds is 4. The third kappa shape index (κ3) is 4.64. The Morgan fingerprint density at radius 2 is 1.92 bits per heavy atom. The average Bonchev–Trinajstić information content (AvgIpc) is 2.68. The Hall–Kier alpha value is -2.80. The third-order valence-corrected chi connectivity index (χ3v) is 4.30. The molecule has 0 saturated carbocycles. The molecular weight excluding hydrogens is 344 g/mol. The van der Waals surface area contributed by atoms with E-state index in [0.29, 0.717) is 11.6 Å². The smallest absolute Gasteiger partial charge is 0.120 e. The molecule has 2 aromatic carbocycles. The van der Waals surface area contributed by atoms with Gasteiger partial charge in [-0.2, -0.15) is 0 Å². The van der Waals surface area contributed by atoms with Crippen LogP contribution in [0.25, 0.3) is 11.1 Å². The van der Waals surface area contributed by atoms with Gasteiger partial charge >= 0.3 is 0 Å². The average molecular weight is 363 g/mol. The molecule has 0 amide bonds. The fourth-order valence-corrected chi connectivity index (χ4v) is 2.79. The number of benzene rings is 2. The van der Waals surface area contributed by atoms with Crippen molar-refractivity contribution in [2.75, 3.05) is 6.54 Å². The van der Waals surface area contributed by atoms with Gasteiger partial charge in [0.15, 0.2) is 0 Å². The summed E-state index contributed by atoms with van der Waals surface area (Å²) >= 11 is 5.99. The number of hydrogen-bond donors (Lipinski definition) is 2. The zero-order valence-corrected chi connectivity index (χ0v) is 15.2. The number of phenols is 1. The molecule has 4 heteroatoms. The van der Waals surface area contributed by atoms with Gasteiger partial charge in [0.1, 0.15) is 5.75 Å². The van der Waals surface area contributed by atoms with Crippen LogP contribution >= 0.6 is 11.6 Å². The number of aromatic nitrogens is 1. The Morgan fingerprint density at radius 3 is 2.65 bits per heavy atom. The first-order valence-corrected chi connectivity index (χ1v) is 8.72. The highest BCUT2D eigenvalue weighted by Crippen LogP contribution is 2.26. The lowest BCUT2D eigenvalue weighted by Gasteiger charge is -2.14. The van der Waals surface area contributed by atoms with Crippen LogP contribution in [0.3, 0.4) is 0 Å². The van der Waals surface area contributed by atoms with E-state index in [9.17, 15) is 5.11 Å². The molecule has 0 aliphatic heterocycles. The van der Waals surface area contributed by atoms with Crippen molar-refractivity contribution >= 4 is 11.6 Å². The fourth-order valence-electron chi connectivity index (χ4n) is 2.61. The lowest BCUT2D eigenvalue weighted by atomic mass is 10.1. The van der Waals surface area contributed by atoms with E-state index in [4.69, 9.17) is 11.6 Å². The molecule has 0 spiro atoms. The number of halogens is 1. The van der Waals surface area contributed by atoms with Gasteiger partial charge in [-0.15, -0.1) is 0 Å². The summed E-state index contributed by atoms with van der Waals surface area (Å²) in [6.45, 7) is 2.48. The molecule has 1 unspecified atom stereocenters. The summed E-state index contributed by atoms with van der Waals surface area (Å²) < 4.78 is 0. The molecule has 1 heterocycles. The number of pyridine rings is 1. The molecule has 0 saturated heterocycles. The van der Waals surface area contributed by atoms with Crippen molar-refractivity contribution in [1.29, 1.82) is 0 Å². The van der Waals surface area contributed by atoms with Gasteiger partial charge in [-0.25, -0.2) is 0 Å². The topological polar surface area (TPSA) is 45.2 Å². The van der Waals surface area contributed by atoms with Crippen LogP contribution in [0.5, 0.6) is 5.75 Å². The molecule has 1 atom stereocenters. The highest BCUT2D eigenvalue weighted by molar-refractivity contribution is 6.30. The van der Waals surface area contributed by atoms with Crippen LogP contribution in [0.15, 0.2) is 67.0 Å². The van der Waals surface area contributed by atoms with Crippen molar-refractivity contribution in [3.8, 4) is 28.7 Å². The molecule has 1 aromatic heterocycles. The van der Waals surface area contributed by atoms with E-state index in [2.05, 4.69) is 22.1 Å². The van der Waals surface area contributed by atoms with Gasteiger partial charge < -0.3 is 5.11 Å². The summed E-state index contributed by atoms with van der Waals surface area (Å²) in [5.41, 5.74) is 3.92. The Morgan fingerprint density at radius 1 is 1.12 bits per heavy atom. The maximum absolute atomic E-state index is 9.92. The normalized spacial score (nSPS) is 11.5. The minimum absolute atomic E-state index is 0.0454. The number of nitrogens with zero attached hydrogens (tertiary/aromatic N) is 1. The minimum Gasteiger partial charge on any atom is -0.508 e. The molecule has 0 aliphatic carbocycles. The summed E-state index contributed by atoms with van der Waals surface area (Å²) in [6.07, 6.45) is 3.61. The first kappa shape index (κ1) is 18.0. The Bertz CT molecular complexity index is 928. The van der Waals surface area contributed by atoms with Crippen LogP contribution in [0.4, 0.5) is 0 Å². The molecule has 0 aliphatic rings. The SMILES string of the molecule is CC(NCC#Cc1ccc(-c2cccnc2)cc1)c1cc(Cl)ccc1O. The van der Waals surface area contributed by atoms with Crippen molar-refractivity contribution in [3.63, 3.8) is 0 Å². The summed E-state index contributed by atoms with van der Waals surface area (Å²) in [5, 5.41) is 13.8. The molecule has 0 fully saturated rings. The standard InChI is InChI=1S/C22H19ClN2O/c1-16(21-14-20(23)10-11-22(21)26)25-13-2-4-17-6-8-18(9-7-17)19-5-3-12-24-15-19/h3,5-12,14-16,25-26H,13H2,1H3. The first-order valence-electron chi connectivity index (χ1n) is 8.34. The zero-order valence-electron chi connectivity index (χ0n) is 14.4. The largest absolute Gasteiger partial charge is 0.508 e. The third-order valence-electron chi connectivity index (χ3n) is 4.07. The Balaban J connectivity index is 1.59. The van der Waals surface area contributed by atoms with Gasteiger partial charge in [0.2, 0.25) is 0 Å². The monoisotopic (exact) mass is 362 g/mol. The van der Waals surface area contributed by atoms with Gasteiger partial charge in [-0.3, -0.25) is 10.3 Å². The van der Waals surface area contributed by atoms with Crippen molar-refractivity contribution in [2.24, 2.45) is 0 Å². The van der Waals surface area contributed by atoms with Crippen LogP contribution in [0, 0.1) is 11.8 Å². The van der Waals surface area contributed by atoms with Crippen LogP contribution in [-0.2, 0) is 0 Å². The van der Waals surface area contributed by atoms with E-state index in [1.54, 1.807) is 24.4 Å². The van der Waals surface area contributed by atoms with Gasteiger partial charge in [0, 0.05) is 34.6 Å². The number of aromatic hydroxyl groups is 1. The van der Waals surface area contributed by atoms with Crippen LogP contribution < -0.4 is 5.32 Å². The molecular formula is C22H19ClN2O. The summed E-state index contributed by atoms with van der Waals surface area (Å²) in [4.78, 5) is 4.13. The second kappa shape index (κ2) is 8.53. The summed E-state index contributed by atoms with van der Waals surface area (Å²) in [6, 6.07) is 17.0. The fraction of sp³-hybridized carbons (Fsp3) is 0.136. The van der Waals surface area contributed by atoms with Gasteiger partial charge in [-0.05, 0) is 54.4 Å². The highest BCUT2D eigenvalue weighted by Gasteiger charge is 2.09. The highest BCUT2D eigenvalue weighted by atomic mass is 35.5. The van der Waals surface area contributed by atoms with Crippen LogP contribution in [0.2, 0.25) is 5.02 Å². The lowest BCUT2D eigenvalue weighted by molar-refractivity contribution is 0.456. The molecule has 2 N–H and O–H groups in total. The van der Waals surface area contributed by atoms with Crippen molar-refractivity contribution in [1.82, 2.24) is 10.3 Å². The lowest BCUT2D eigenvalue weighted by Crippen LogP contribution is -2.18. The maximum atomic E-state index is 9.92. The van der Waals surface area contributed by atoms with E-state index in [1.165, 1.54) is 0 Å². The van der Waals surface area contributed by atoms with Crippen molar-refractivity contribution in [3.05, 3.63) is 83.1 Å². The van der Waals surface area contributed by atoms with Crippen LogP contribution in [-0.4, -0.2) is 16.6 Å². The van der Waals surface area contributed by atoms with E-state index in [0.717, 1.165) is 22.3 Å². The zero-order chi connectivity index (χ0) is 18.4. The second-order valence-corrected chi connectivity index (χ2v) is 6.36. The van der Waals surface area contributed by atoms with Gasteiger partial charge in [0.05, 0.1) is 6.54 Å². The molecule has 3 nitrogen and oxygen atoms in total. The van der Waals surface area contributed by atoms with Crippen molar-refractivity contribution in [2.45, 2.75) is 13.0 Å². The van der Waals surface area contributed by atoms with E-state index >= 15 is 0 Å². The Labute approximate surface area is 158 Å². The van der Waals surface area contributed by atoms with Gasteiger partial charge in [0.25, 0.3) is 0 Å². The molecule has 26 heavy (non-hydrogen) atoms. The molecule has 130 valence electrons. The second-order valence-electron chi connectivity index (χ2n) is 5.93. The van der Waals surface area contributed by atoms with Crippen molar-refractivity contribution < 1.29 is 5.11 Å². The molecule has 0 bridgehead atoms. The first-order chi connectivity index (χ1) is 12.6. The number of nitrogens with one attached hydrogen (secondary N) is 1. The van der Waals surface area contributed by atoms with E-state index < -0.39 is 0 Å².